The van der Waals surface area contributed by atoms with Gasteiger partial charge in [-0.1, -0.05) is 6.42 Å². The maximum absolute atomic E-state index is 11.2. The fourth-order valence-electron chi connectivity index (χ4n) is 1.84. The lowest BCUT2D eigenvalue weighted by atomic mass is 9.99. The van der Waals surface area contributed by atoms with Crippen LogP contribution in [0.25, 0.3) is 0 Å². The van der Waals surface area contributed by atoms with Gasteiger partial charge in [-0.05, 0) is 26.3 Å². The number of nitrogens with two attached hydrogens (primary N) is 1. The van der Waals surface area contributed by atoms with E-state index < -0.39 is 0 Å². The van der Waals surface area contributed by atoms with E-state index in [9.17, 15) is 9.59 Å². The van der Waals surface area contributed by atoms with Crippen molar-refractivity contribution in [3.8, 4) is 0 Å². The number of carbonyl (C=O) groups is 2. The molecule has 0 saturated carbocycles. The van der Waals surface area contributed by atoms with E-state index in [2.05, 4.69) is 0 Å². The van der Waals surface area contributed by atoms with Gasteiger partial charge in [-0.3, -0.25) is 14.5 Å². The molecule has 1 aliphatic heterocycles. The van der Waals surface area contributed by atoms with E-state index >= 15 is 0 Å². The zero-order chi connectivity index (χ0) is 9.84. The van der Waals surface area contributed by atoms with Gasteiger partial charge in [0.25, 0.3) is 0 Å². The summed E-state index contributed by atoms with van der Waals surface area (Å²) in [5, 5.41) is 0. The maximum Gasteiger partial charge on any atom is 0.231 e. The number of nitrogens with zero attached hydrogens (tertiary/aromatic N) is 1. The fraction of sp³-hybridized carbons (Fsp3) is 0.778. The zero-order valence-corrected chi connectivity index (χ0v) is 7.95. The standard InChI is InChI=1S/C9H16N2O2/c1-7(12)8-4-2-3-5-11(8)6-9(10)13/h8H,2-6H2,1H3,(H2,10,13). The maximum atomic E-state index is 11.2. The van der Waals surface area contributed by atoms with Gasteiger partial charge in [0.1, 0.15) is 5.78 Å². The van der Waals surface area contributed by atoms with Crippen LogP contribution in [-0.2, 0) is 9.59 Å². The molecule has 1 rings (SSSR count). The molecule has 0 radical (unpaired) electrons. The Labute approximate surface area is 78.1 Å². The third kappa shape index (κ3) is 2.81. The van der Waals surface area contributed by atoms with Gasteiger partial charge in [0.05, 0.1) is 12.6 Å². The summed E-state index contributed by atoms with van der Waals surface area (Å²) in [6.45, 7) is 2.60. The topological polar surface area (TPSA) is 63.4 Å². The van der Waals surface area contributed by atoms with E-state index in [0.717, 1.165) is 25.8 Å². The first kappa shape index (κ1) is 10.2. The number of rotatable bonds is 3. The molecule has 1 saturated heterocycles. The van der Waals surface area contributed by atoms with Crippen LogP contribution >= 0.6 is 0 Å². The lowest BCUT2D eigenvalue weighted by Crippen LogP contribution is -2.47. The summed E-state index contributed by atoms with van der Waals surface area (Å²) in [6.07, 6.45) is 2.99. The Balaban J connectivity index is 2.56. The lowest BCUT2D eigenvalue weighted by Gasteiger charge is -2.32. The SMILES string of the molecule is CC(=O)C1CCCCN1CC(N)=O. The smallest absolute Gasteiger partial charge is 0.231 e. The fourth-order valence-corrected chi connectivity index (χ4v) is 1.84. The number of likely N-dealkylation sites (tertiary alicyclic amines) is 1. The van der Waals surface area contributed by atoms with Crippen LogP contribution in [-0.4, -0.2) is 35.7 Å². The van der Waals surface area contributed by atoms with Crippen molar-refractivity contribution in [1.29, 1.82) is 0 Å². The number of ketones is 1. The van der Waals surface area contributed by atoms with E-state index in [1.807, 2.05) is 4.90 Å². The van der Waals surface area contributed by atoms with Crippen molar-refractivity contribution in [1.82, 2.24) is 4.90 Å². The highest BCUT2D eigenvalue weighted by Crippen LogP contribution is 2.16. The molecular formula is C9H16N2O2. The summed E-state index contributed by atoms with van der Waals surface area (Å²) in [5.74, 6) is -0.214. The van der Waals surface area contributed by atoms with Crippen molar-refractivity contribution >= 4 is 11.7 Å². The van der Waals surface area contributed by atoms with Gasteiger partial charge in [0.15, 0.2) is 0 Å². The molecule has 4 heteroatoms. The second kappa shape index (κ2) is 4.37. The van der Waals surface area contributed by atoms with E-state index in [1.165, 1.54) is 0 Å². The third-order valence-electron chi connectivity index (χ3n) is 2.44. The number of carbonyl (C=O) groups excluding carboxylic acids is 2. The zero-order valence-electron chi connectivity index (χ0n) is 7.95. The predicted octanol–water partition coefficient (Wildman–Crippen LogP) is -0.0848. The second-order valence-corrected chi connectivity index (χ2v) is 3.56. The molecule has 0 aliphatic carbocycles. The molecule has 0 aromatic rings. The average Bonchev–Trinajstić information content (AvgIpc) is 2.03. The minimum Gasteiger partial charge on any atom is -0.369 e. The summed E-state index contributed by atoms with van der Waals surface area (Å²) in [4.78, 5) is 23.8. The van der Waals surface area contributed by atoms with Crippen LogP contribution in [0.3, 0.4) is 0 Å². The van der Waals surface area contributed by atoms with Crippen molar-refractivity contribution in [3.63, 3.8) is 0 Å². The highest BCUT2D eigenvalue weighted by molar-refractivity contribution is 5.83. The second-order valence-electron chi connectivity index (χ2n) is 3.56. The Morgan fingerprint density at radius 3 is 2.69 bits per heavy atom. The Morgan fingerprint density at radius 2 is 2.15 bits per heavy atom. The van der Waals surface area contributed by atoms with Gasteiger partial charge in [-0.2, -0.15) is 0 Å². The van der Waals surface area contributed by atoms with Crippen molar-refractivity contribution in [2.45, 2.75) is 32.2 Å². The first-order chi connectivity index (χ1) is 6.11. The van der Waals surface area contributed by atoms with Crippen molar-refractivity contribution in [3.05, 3.63) is 0 Å². The minimum absolute atomic E-state index is 0.0822. The van der Waals surface area contributed by atoms with Crippen LogP contribution in [0.2, 0.25) is 0 Å². The quantitative estimate of drug-likeness (QED) is 0.667. The number of hydrogen-bond donors (Lipinski definition) is 1. The predicted molar refractivity (Wildman–Crippen MR) is 49.1 cm³/mol. The number of hydrogen-bond acceptors (Lipinski definition) is 3. The van der Waals surface area contributed by atoms with E-state index in [0.29, 0.717) is 0 Å². The van der Waals surface area contributed by atoms with Crippen LogP contribution < -0.4 is 5.73 Å². The van der Waals surface area contributed by atoms with Crippen LogP contribution in [0.5, 0.6) is 0 Å². The average molecular weight is 184 g/mol. The number of amides is 1. The summed E-state index contributed by atoms with van der Waals surface area (Å²) >= 11 is 0. The largest absolute Gasteiger partial charge is 0.369 e. The molecule has 2 N–H and O–H groups in total. The van der Waals surface area contributed by atoms with Crippen LogP contribution in [0.4, 0.5) is 0 Å². The van der Waals surface area contributed by atoms with Gasteiger partial charge in [-0.15, -0.1) is 0 Å². The monoisotopic (exact) mass is 184 g/mol. The number of primary amides is 1. The first-order valence-electron chi connectivity index (χ1n) is 4.64. The number of Topliss-reactive ketones (excluding diaryl/α,β-unsaturated/α-hetero) is 1. The molecule has 0 spiro atoms. The number of piperidine rings is 1. The van der Waals surface area contributed by atoms with E-state index in [4.69, 9.17) is 5.73 Å². The Bertz CT molecular complexity index is 216. The first-order valence-corrected chi connectivity index (χ1v) is 4.64. The van der Waals surface area contributed by atoms with Crippen LogP contribution in [0.15, 0.2) is 0 Å². The molecule has 4 nitrogen and oxygen atoms in total. The van der Waals surface area contributed by atoms with Gasteiger partial charge in [-0.25, -0.2) is 0 Å². The molecule has 1 aliphatic rings. The normalized spacial score (nSPS) is 24.2. The summed E-state index contributed by atoms with van der Waals surface area (Å²) in [6, 6.07) is -0.0822. The molecular weight excluding hydrogens is 168 g/mol. The van der Waals surface area contributed by atoms with Gasteiger partial charge in [0, 0.05) is 0 Å². The van der Waals surface area contributed by atoms with Crippen LogP contribution in [0.1, 0.15) is 26.2 Å². The summed E-state index contributed by atoms with van der Waals surface area (Å²) < 4.78 is 0. The van der Waals surface area contributed by atoms with Crippen molar-refractivity contribution in [2.75, 3.05) is 13.1 Å². The van der Waals surface area contributed by atoms with Gasteiger partial charge < -0.3 is 5.73 Å². The van der Waals surface area contributed by atoms with E-state index in [1.54, 1.807) is 6.92 Å². The molecule has 1 amide bonds. The molecule has 1 heterocycles. The van der Waals surface area contributed by atoms with Gasteiger partial charge in [0.2, 0.25) is 5.91 Å². The summed E-state index contributed by atoms with van der Waals surface area (Å²) in [7, 11) is 0. The Kier molecular flexibility index (Phi) is 3.42. The van der Waals surface area contributed by atoms with Crippen molar-refractivity contribution < 1.29 is 9.59 Å². The highest BCUT2D eigenvalue weighted by Gasteiger charge is 2.26. The molecule has 0 aromatic carbocycles. The molecule has 13 heavy (non-hydrogen) atoms. The minimum atomic E-state index is -0.354. The lowest BCUT2D eigenvalue weighted by molar-refractivity contribution is -0.126. The molecule has 74 valence electrons. The Hall–Kier alpha value is -0.900. The molecule has 1 fully saturated rings. The molecule has 0 bridgehead atoms. The van der Waals surface area contributed by atoms with Crippen LogP contribution in [0, 0.1) is 0 Å². The van der Waals surface area contributed by atoms with Gasteiger partial charge >= 0.3 is 0 Å². The molecule has 1 unspecified atom stereocenters. The highest BCUT2D eigenvalue weighted by atomic mass is 16.1. The summed E-state index contributed by atoms with van der Waals surface area (Å²) in [5.41, 5.74) is 5.09. The molecule has 1 atom stereocenters. The molecule has 0 aromatic heterocycles. The third-order valence-corrected chi connectivity index (χ3v) is 2.44. The van der Waals surface area contributed by atoms with Crippen molar-refractivity contribution in [2.24, 2.45) is 5.73 Å². The van der Waals surface area contributed by atoms with E-state index in [-0.39, 0.29) is 24.3 Å². The Morgan fingerprint density at radius 1 is 1.46 bits per heavy atom.